The molecule has 0 aromatic heterocycles. The summed E-state index contributed by atoms with van der Waals surface area (Å²) in [5, 5.41) is 0. The predicted molar refractivity (Wildman–Crippen MR) is 60.8 cm³/mol. The summed E-state index contributed by atoms with van der Waals surface area (Å²) in [5.41, 5.74) is 1.01. The molecule has 4 nitrogen and oxygen atoms in total. The number of nitrogens with zero attached hydrogens (tertiary/aromatic N) is 1. The number of hydrogen-bond donors (Lipinski definition) is 0. The summed E-state index contributed by atoms with van der Waals surface area (Å²) in [6.45, 7) is 5.78. The number of ether oxygens (including phenoxy) is 1. The van der Waals surface area contributed by atoms with Crippen molar-refractivity contribution in [1.82, 2.24) is 4.90 Å². The fourth-order valence-electron chi connectivity index (χ4n) is 1.59. The minimum atomic E-state index is -0.571. The van der Waals surface area contributed by atoms with Crippen molar-refractivity contribution in [3.05, 3.63) is 36.5 Å². The second-order valence-electron chi connectivity index (χ2n) is 3.42. The average molecular weight is 221 g/mol. The van der Waals surface area contributed by atoms with Crippen LogP contribution in [0.4, 0.5) is 4.79 Å². The van der Waals surface area contributed by atoms with Gasteiger partial charge in [0.25, 0.3) is 0 Å². The fraction of sp³-hybridized carbons (Fsp3) is 0.333. The normalized spacial score (nSPS) is 21.3. The molecule has 1 rings (SSSR count). The second-order valence-corrected chi connectivity index (χ2v) is 3.42. The Bertz CT molecular complexity index is 344. The van der Waals surface area contributed by atoms with Crippen molar-refractivity contribution in [3.8, 4) is 0 Å². The molecule has 0 saturated carbocycles. The van der Waals surface area contributed by atoms with Gasteiger partial charge in [-0.3, -0.25) is 4.79 Å². The van der Waals surface area contributed by atoms with Crippen molar-refractivity contribution < 1.29 is 14.3 Å². The van der Waals surface area contributed by atoms with Crippen molar-refractivity contribution in [3.63, 3.8) is 0 Å². The molecular formula is C12H15NO3. The number of carbonyl (C=O) groups excluding carboxylic acids is 2. The summed E-state index contributed by atoms with van der Waals surface area (Å²) in [4.78, 5) is 22.9. The van der Waals surface area contributed by atoms with Gasteiger partial charge in [0, 0.05) is 0 Å². The van der Waals surface area contributed by atoms with Crippen LogP contribution in [0, 0.1) is 0 Å². The molecule has 0 aromatic rings. The zero-order valence-electron chi connectivity index (χ0n) is 9.26. The Morgan fingerprint density at radius 2 is 2.44 bits per heavy atom. The van der Waals surface area contributed by atoms with Gasteiger partial charge in [0.2, 0.25) is 6.41 Å². The minimum absolute atomic E-state index is 0.215. The molecule has 1 heterocycles. The first kappa shape index (κ1) is 12.2. The highest BCUT2D eigenvalue weighted by atomic mass is 16.6. The molecule has 0 N–H and O–H groups in total. The van der Waals surface area contributed by atoms with Gasteiger partial charge in [-0.2, -0.15) is 0 Å². The van der Waals surface area contributed by atoms with Gasteiger partial charge in [0.15, 0.2) is 0 Å². The predicted octanol–water partition coefficient (Wildman–Crippen LogP) is 2.04. The van der Waals surface area contributed by atoms with E-state index in [9.17, 15) is 9.59 Å². The van der Waals surface area contributed by atoms with Gasteiger partial charge in [-0.15, -0.1) is 0 Å². The molecule has 1 aliphatic rings. The number of rotatable bonds is 5. The Hall–Kier alpha value is -1.84. The molecule has 2 amide bonds. The molecule has 0 unspecified atom stereocenters. The molecule has 1 saturated heterocycles. The van der Waals surface area contributed by atoms with Gasteiger partial charge < -0.3 is 4.74 Å². The molecule has 1 fully saturated rings. The van der Waals surface area contributed by atoms with E-state index in [0.717, 1.165) is 10.5 Å². The molecule has 0 spiro atoms. The van der Waals surface area contributed by atoms with Crippen molar-refractivity contribution in [2.24, 2.45) is 0 Å². The molecule has 0 aromatic carbocycles. The van der Waals surface area contributed by atoms with Crippen molar-refractivity contribution in [2.75, 3.05) is 6.61 Å². The lowest BCUT2D eigenvalue weighted by molar-refractivity contribution is -0.116. The van der Waals surface area contributed by atoms with E-state index in [2.05, 4.69) is 6.58 Å². The summed E-state index contributed by atoms with van der Waals surface area (Å²) in [7, 11) is 0. The third-order valence-electron chi connectivity index (χ3n) is 2.30. The Balaban J connectivity index is 2.72. The summed E-state index contributed by atoms with van der Waals surface area (Å²) in [5.74, 6) is 0. The molecule has 4 heteroatoms. The minimum Gasteiger partial charge on any atom is -0.447 e. The third-order valence-corrected chi connectivity index (χ3v) is 2.30. The maximum absolute atomic E-state index is 11.1. The van der Waals surface area contributed by atoms with E-state index in [1.807, 2.05) is 25.2 Å². The number of cyclic esters (lactones) is 1. The lowest BCUT2D eigenvalue weighted by Crippen LogP contribution is -2.32. The van der Waals surface area contributed by atoms with Crippen LogP contribution in [0.15, 0.2) is 36.5 Å². The topological polar surface area (TPSA) is 46.6 Å². The largest absolute Gasteiger partial charge is 0.447 e. The van der Waals surface area contributed by atoms with Gasteiger partial charge in [0.05, 0.1) is 6.04 Å². The number of hydrogen-bond acceptors (Lipinski definition) is 3. The van der Waals surface area contributed by atoms with Crippen LogP contribution < -0.4 is 0 Å². The van der Waals surface area contributed by atoms with Gasteiger partial charge in [-0.1, -0.05) is 30.9 Å². The van der Waals surface area contributed by atoms with Crippen molar-refractivity contribution in [2.45, 2.75) is 19.4 Å². The molecule has 0 aliphatic carbocycles. The van der Waals surface area contributed by atoms with Crippen LogP contribution in [-0.4, -0.2) is 30.1 Å². The van der Waals surface area contributed by atoms with E-state index in [0.29, 0.717) is 12.8 Å². The highest BCUT2D eigenvalue weighted by Crippen LogP contribution is 2.18. The number of imide groups is 1. The summed E-state index contributed by atoms with van der Waals surface area (Å²) < 4.78 is 4.80. The highest BCUT2D eigenvalue weighted by Gasteiger charge is 2.32. The smallest absolute Gasteiger partial charge is 0.416 e. The second kappa shape index (κ2) is 5.90. The van der Waals surface area contributed by atoms with Crippen molar-refractivity contribution in [1.29, 1.82) is 0 Å². The summed E-state index contributed by atoms with van der Waals surface area (Å²) in [6, 6.07) is -0.215. The molecule has 1 aliphatic heterocycles. The molecule has 86 valence electrons. The van der Waals surface area contributed by atoms with Gasteiger partial charge in [-0.25, -0.2) is 9.69 Å². The zero-order chi connectivity index (χ0) is 12.0. The third kappa shape index (κ3) is 2.82. The molecule has 1 atom stereocenters. The van der Waals surface area contributed by atoms with Gasteiger partial charge in [0.1, 0.15) is 6.61 Å². The van der Waals surface area contributed by atoms with E-state index in [1.54, 1.807) is 6.08 Å². The van der Waals surface area contributed by atoms with E-state index in [4.69, 9.17) is 4.74 Å². The van der Waals surface area contributed by atoms with Crippen LogP contribution in [0.5, 0.6) is 0 Å². The first-order chi connectivity index (χ1) is 7.72. The molecule has 0 bridgehead atoms. The lowest BCUT2D eigenvalue weighted by Gasteiger charge is -2.14. The molecule has 0 radical (unpaired) electrons. The monoisotopic (exact) mass is 221 g/mol. The maximum Gasteiger partial charge on any atom is 0.416 e. The quantitative estimate of drug-likeness (QED) is 0.527. The Morgan fingerprint density at radius 1 is 1.69 bits per heavy atom. The van der Waals surface area contributed by atoms with Crippen LogP contribution in [0.3, 0.4) is 0 Å². The van der Waals surface area contributed by atoms with E-state index < -0.39 is 6.09 Å². The number of allylic oxidation sites excluding steroid dienone is 4. The maximum atomic E-state index is 11.1. The van der Waals surface area contributed by atoms with Crippen LogP contribution in [0.25, 0.3) is 0 Å². The van der Waals surface area contributed by atoms with E-state index in [1.165, 1.54) is 0 Å². The van der Waals surface area contributed by atoms with Crippen LogP contribution in [-0.2, 0) is 9.53 Å². The number of amides is 2. The Kier molecular flexibility index (Phi) is 4.51. The van der Waals surface area contributed by atoms with Crippen molar-refractivity contribution >= 4 is 12.5 Å². The standard InChI is InChI=1S/C12H15NO3/c1-3-5-10(6-4-2)7-11-8-16-12(15)13(11)9-14/h3-6,9,11H,1,7-8H2,2H3/b6-4-,10-5+/t11-/m1/s1. The zero-order valence-corrected chi connectivity index (χ0v) is 9.26. The molecular weight excluding hydrogens is 206 g/mol. The van der Waals surface area contributed by atoms with Crippen LogP contribution in [0.1, 0.15) is 13.3 Å². The van der Waals surface area contributed by atoms with Crippen LogP contribution >= 0.6 is 0 Å². The Labute approximate surface area is 94.9 Å². The summed E-state index contributed by atoms with van der Waals surface area (Å²) >= 11 is 0. The van der Waals surface area contributed by atoms with Gasteiger partial charge >= 0.3 is 6.09 Å². The SMILES string of the molecule is C=C/C=C(\C=C/C)C[C@@H]1COC(=O)N1C=O. The molecule has 16 heavy (non-hydrogen) atoms. The fourth-order valence-corrected chi connectivity index (χ4v) is 1.59. The van der Waals surface area contributed by atoms with E-state index in [-0.39, 0.29) is 12.6 Å². The average Bonchev–Trinajstić information content (AvgIpc) is 2.60. The first-order valence-electron chi connectivity index (χ1n) is 5.07. The van der Waals surface area contributed by atoms with Crippen LogP contribution in [0.2, 0.25) is 0 Å². The Morgan fingerprint density at radius 3 is 3.00 bits per heavy atom. The highest BCUT2D eigenvalue weighted by molar-refractivity contribution is 5.82. The first-order valence-corrected chi connectivity index (χ1v) is 5.07. The van der Waals surface area contributed by atoms with Gasteiger partial charge in [-0.05, 0) is 18.9 Å². The lowest BCUT2D eigenvalue weighted by atomic mass is 10.1. The number of carbonyl (C=O) groups is 2. The summed E-state index contributed by atoms with van der Waals surface area (Å²) in [6.07, 6.45) is 7.89. The van der Waals surface area contributed by atoms with E-state index >= 15 is 0 Å².